The Balaban J connectivity index is 2.30. The molecule has 0 saturated carbocycles. The van der Waals surface area contributed by atoms with Crippen LogP contribution in [0.15, 0.2) is 36.4 Å². The summed E-state index contributed by atoms with van der Waals surface area (Å²) in [6.07, 6.45) is 0. The average Bonchev–Trinajstić information content (AvgIpc) is 2.42. The van der Waals surface area contributed by atoms with Gasteiger partial charge in [0.2, 0.25) is 0 Å². The first kappa shape index (κ1) is 13.1. The Kier molecular flexibility index (Phi) is 3.80. The quantitative estimate of drug-likeness (QED) is 0.826. The van der Waals surface area contributed by atoms with Crippen molar-refractivity contribution in [2.24, 2.45) is 0 Å². The van der Waals surface area contributed by atoms with E-state index in [-0.39, 0.29) is 0 Å². The van der Waals surface area contributed by atoms with Crippen molar-refractivity contribution in [3.8, 4) is 11.5 Å². The molecule has 0 aliphatic heterocycles. The number of methoxy groups -OCH3 is 2. The minimum Gasteiger partial charge on any atom is -0.493 e. The Bertz CT molecular complexity index is 582. The van der Waals surface area contributed by atoms with Crippen molar-refractivity contribution in [3.63, 3.8) is 0 Å². The lowest BCUT2D eigenvalue weighted by molar-refractivity contribution is 0.355. The molecular formula is C15H18N2O2. The minimum absolute atomic E-state index is 0.679. The van der Waals surface area contributed by atoms with E-state index in [2.05, 4.69) is 5.32 Å². The predicted molar refractivity (Wildman–Crippen MR) is 78.4 cm³/mol. The van der Waals surface area contributed by atoms with Gasteiger partial charge in [0.05, 0.1) is 25.6 Å². The molecule has 0 fully saturated rings. The molecule has 0 saturated heterocycles. The number of hydrogen-bond acceptors (Lipinski definition) is 4. The maximum Gasteiger partial charge on any atom is 0.162 e. The van der Waals surface area contributed by atoms with E-state index in [1.165, 1.54) is 0 Å². The molecule has 2 aromatic rings. The topological polar surface area (TPSA) is 56.5 Å². The smallest absolute Gasteiger partial charge is 0.162 e. The van der Waals surface area contributed by atoms with Gasteiger partial charge in [-0.15, -0.1) is 0 Å². The monoisotopic (exact) mass is 258 g/mol. The normalized spacial score (nSPS) is 10.1. The third kappa shape index (κ3) is 2.91. The van der Waals surface area contributed by atoms with Crippen LogP contribution in [0.5, 0.6) is 11.5 Å². The predicted octanol–water partition coefficient (Wildman–Crippen LogP) is 3.34. The van der Waals surface area contributed by atoms with Gasteiger partial charge in [-0.25, -0.2) is 0 Å². The SMILES string of the molecule is COc1ccc(Nc2cc(C)ccc2N)cc1OC. The molecule has 0 aromatic heterocycles. The van der Waals surface area contributed by atoms with Crippen molar-refractivity contribution in [1.82, 2.24) is 0 Å². The summed E-state index contributed by atoms with van der Waals surface area (Å²) in [6, 6.07) is 11.5. The van der Waals surface area contributed by atoms with Crippen molar-refractivity contribution >= 4 is 17.1 Å². The first-order chi connectivity index (χ1) is 9.13. The second kappa shape index (κ2) is 5.52. The van der Waals surface area contributed by atoms with Crippen molar-refractivity contribution < 1.29 is 9.47 Å². The molecule has 0 aliphatic rings. The van der Waals surface area contributed by atoms with Gasteiger partial charge in [-0.2, -0.15) is 0 Å². The molecule has 0 radical (unpaired) electrons. The Morgan fingerprint density at radius 3 is 2.37 bits per heavy atom. The van der Waals surface area contributed by atoms with Crippen LogP contribution in [0, 0.1) is 6.92 Å². The first-order valence-corrected chi connectivity index (χ1v) is 5.99. The van der Waals surface area contributed by atoms with Crippen molar-refractivity contribution in [2.45, 2.75) is 6.92 Å². The van der Waals surface area contributed by atoms with Gasteiger partial charge in [0, 0.05) is 11.8 Å². The average molecular weight is 258 g/mol. The highest BCUT2D eigenvalue weighted by atomic mass is 16.5. The van der Waals surface area contributed by atoms with E-state index in [9.17, 15) is 0 Å². The molecule has 0 spiro atoms. The summed E-state index contributed by atoms with van der Waals surface area (Å²) in [5.74, 6) is 1.38. The maximum absolute atomic E-state index is 5.95. The zero-order chi connectivity index (χ0) is 13.8. The van der Waals surface area contributed by atoms with Gasteiger partial charge in [0.1, 0.15) is 0 Å². The van der Waals surface area contributed by atoms with Crippen LogP contribution in [0.25, 0.3) is 0 Å². The summed E-state index contributed by atoms with van der Waals surface area (Å²) in [7, 11) is 3.23. The molecule has 4 nitrogen and oxygen atoms in total. The molecular weight excluding hydrogens is 240 g/mol. The molecule has 3 N–H and O–H groups in total. The number of benzene rings is 2. The molecule has 19 heavy (non-hydrogen) atoms. The highest BCUT2D eigenvalue weighted by molar-refractivity contribution is 5.74. The lowest BCUT2D eigenvalue weighted by Crippen LogP contribution is -1.98. The van der Waals surface area contributed by atoms with E-state index in [4.69, 9.17) is 15.2 Å². The Hall–Kier alpha value is -2.36. The zero-order valence-corrected chi connectivity index (χ0v) is 11.4. The standard InChI is InChI=1S/C15H18N2O2/c1-10-4-6-12(16)13(8-10)17-11-5-7-14(18-2)15(9-11)19-3/h4-9,17H,16H2,1-3H3. The number of nitrogens with one attached hydrogen (secondary N) is 1. The number of nitrogen functional groups attached to an aromatic ring is 1. The van der Waals surface area contributed by atoms with E-state index in [1.54, 1.807) is 14.2 Å². The fourth-order valence-electron chi connectivity index (χ4n) is 1.85. The van der Waals surface area contributed by atoms with Gasteiger partial charge < -0.3 is 20.5 Å². The van der Waals surface area contributed by atoms with Crippen LogP contribution in [0.2, 0.25) is 0 Å². The third-order valence-electron chi connectivity index (χ3n) is 2.87. The van der Waals surface area contributed by atoms with Crippen LogP contribution in [-0.4, -0.2) is 14.2 Å². The summed E-state index contributed by atoms with van der Waals surface area (Å²) in [5, 5.41) is 3.28. The Morgan fingerprint density at radius 2 is 1.68 bits per heavy atom. The lowest BCUT2D eigenvalue weighted by Gasteiger charge is -2.13. The van der Waals surface area contributed by atoms with Crippen LogP contribution in [-0.2, 0) is 0 Å². The molecule has 100 valence electrons. The van der Waals surface area contributed by atoms with Crippen molar-refractivity contribution in [3.05, 3.63) is 42.0 Å². The number of rotatable bonds is 4. The molecule has 0 heterocycles. The van der Waals surface area contributed by atoms with Crippen LogP contribution < -0.4 is 20.5 Å². The van der Waals surface area contributed by atoms with Gasteiger partial charge in [-0.05, 0) is 36.8 Å². The van der Waals surface area contributed by atoms with Gasteiger partial charge in [-0.3, -0.25) is 0 Å². The summed E-state index contributed by atoms with van der Waals surface area (Å²) in [5.41, 5.74) is 9.58. The Labute approximate surface area is 113 Å². The van der Waals surface area contributed by atoms with E-state index in [0.717, 1.165) is 16.9 Å². The largest absolute Gasteiger partial charge is 0.493 e. The van der Waals surface area contributed by atoms with E-state index >= 15 is 0 Å². The molecule has 0 bridgehead atoms. The summed E-state index contributed by atoms with van der Waals surface area (Å²) in [6.45, 7) is 2.03. The first-order valence-electron chi connectivity index (χ1n) is 5.99. The van der Waals surface area contributed by atoms with E-state index in [0.29, 0.717) is 17.2 Å². The summed E-state index contributed by atoms with van der Waals surface area (Å²) < 4.78 is 10.5. The molecule has 2 aromatic carbocycles. The van der Waals surface area contributed by atoms with E-state index in [1.807, 2.05) is 43.3 Å². The molecule has 0 atom stereocenters. The van der Waals surface area contributed by atoms with Crippen LogP contribution in [0.3, 0.4) is 0 Å². The van der Waals surface area contributed by atoms with Crippen molar-refractivity contribution in [1.29, 1.82) is 0 Å². The molecule has 2 rings (SSSR count). The van der Waals surface area contributed by atoms with Crippen LogP contribution in [0.1, 0.15) is 5.56 Å². The maximum atomic E-state index is 5.95. The lowest BCUT2D eigenvalue weighted by atomic mass is 10.2. The van der Waals surface area contributed by atoms with Gasteiger partial charge >= 0.3 is 0 Å². The Morgan fingerprint density at radius 1 is 0.947 bits per heavy atom. The molecule has 0 amide bonds. The molecule has 0 unspecified atom stereocenters. The number of hydrogen-bond donors (Lipinski definition) is 2. The summed E-state index contributed by atoms with van der Waals surface area (Å²) >= 11 is 0. The van der Waals surface area contributed by atoms with Gasteiger partial charge in [0.25, 0.3) is 0 Å². The van der Waals surface area contributed by atoms with E-state index < -0.39 is 0 Å². The van der Waals surface area contributed by atoms with Gasteiger partial charge in [-0.1, -0.05) is 6.07 Å². The second-order valence-electron chi connectivity index (χ2n) is 4.29. The van der Waals surface area contributed by atoms with Gasteiger partial charge in [0.15, 0.2) is 11.5 Å². The van der Waals surface area contributed by atoms with Crippen LogP contribution in [0.4, 0.5) is 17.1 Å². The highest BCUT2D eigenvalue weighted by Gasteiger charge is 2.06. The third-order valence-corrected chi connectivity index (χ3v) is 2.87. The minimum atomic E-state index is 0.679. The van der Waals surface area contributed by atoms with Crippen molar-refractivity contribution in [2.75, 3.05) is 25.3 Å². The highest BCUT2D eigenvalue weighted by Crippen LogP contribution is 2.32. The number of aryl methyl sites for hydroxylation is 1. The van der Waals surface area contributed by atoms with Crippen LogP contribution >= 0.6 is 0 Å². The number of anilines is 3. The second-order valence-corrected chi connectivity index (χ2v) is 4.29. The fourth-order valence-corrected chi connectivity index (χ4v) is 1.85. The fraction of sp³-hybridized carbons (Fsp3) is 0.200. The zero-order valence-electron chi connectivity index (χ0n) is 11.4. The number of ether oxygens (including phenoxy) is 2. The number of nitrogens with two attached hydrogens (primary N) is 1. The summed E-state index contributed by atoms with van der Waals surface area (Å²) in [4.78, 5) is 0. The molecule has 0 aliphatic carbocycles. The molecule has 4 heteroatoms.